The second-order valence-electron chi connectivity index (χ2n) is 22.9. The molecule has 12 aromatic rings. The normalized spacial score (nSPS) is 15.1. The van der Waals surface area contributed by atoms with Crippen molar-refractivity contribution in [1.82, 2.24) is 0 Å². The zero-order valence-corrected chi connectivity index (χ0v) is 43.2. The number of rotatable bonds is 5. The van der Waals surface area contributed by atoms with Crippen LogP contribution in [0.5, 0.6) is 0 Å². The Morgan fingerprint density at radius 2 is 0.892 bits per heavy atom. The van der Waals surface area contributed by atoms with Gasteiger partial charge in [-0.3, -0.25) is 0 Å². The summed E-state index contributed by atoms with van der Waals surface area (Å²) in [6.07, 6.45) is 0. The van der Waals surface area contributed by atoms with Gasteiger partial charge < -0.3 is 13.7 Å². The average Bonchev–Trinajstić information content (AvgIpc) is 4.20. The van der Waals surface area contributed by atoms with Gasteiger partial charge in [-0.05, 0) is 152 Å². The van der Waals surface area contributed by atoms with Crippen molar-refractivity contribution in [3.05, 3.63) is 233 Å². The molecule has 0 atom stereocenters. The monoisotopic (exact) mass is 953 g/mol. The number of anilines is 3. The van der Waals surface area contributed by atoms with Gasteiger partial charge in [-0.1, -0.05) is 181 Å². The molecule has 3 heteroatoms. The Labute approximate surface area is 432 Å². The van der Waals surface area contributed by atoms with E-state index in [1.165, 1.54) is 111 Å². The van der Waals surface area contributed by atoms with Gasteiger partial charge in [0.15, 0.2) is 0 Å². The summed E-state index contributed by atoms with van der Waals surface area (Å²) in [6, 6.07) is 69.8. The number of aryl methyl sites for hydroxylation is 2. The summed E-state index contributed by atoms with van der Waals surface area (Å²) >= 11 is 0. The topological polar surface area (TPSA) is 29.5 Å². The van der Waals surface area contributed by atoms with Crippen LogP contribution in [0.1, 0.15) is 86.1 Å². The third-order valence-corrected chi connectivity index (χ3v) is 17.6. The maximum atomic E-state index is 7.02. The highest BCUT2D eigenvalue weighted by atomic mass is 16.3. The minimum absolute atomic E-state index is 0.238. The van der Waals surface area contributed by atoms with E-state index >= 15 is 0 Å². The van der Waals surface area contributed by atoms with Crippen LogP contribution in [0, 0.1) is 13.8 Å². The van der Waals surface area contributed by atoms with Crippen LogP contribution in [0.2, 0.25) is 0 Å². The van der Waals surface area contributed by atoms with Gasteiger partial charge in [0.2, 0.25) is 0 Å². The zero-order chi connectivity index (χ0) is 50.2. The molecule has 356 valence electrons. The van der Waals surface area contributed by atoms with E-state index in [1.54, 1.807) is 0 Å². The largest absolute Gasteiger partial charge is 0.455 e. The molecule has 74 heavy (non-hydrogen) atoms. The number of nitrogens with zero attached hydrogens (tertiary/aromatic N) is 1. The van der Waals surface area contributed by atoms with Crippen LogP contribution in [0.15, 0.2) is 197 Å². The number of furan rings is 2. The summed E-state index contributed by atoms with van der Waals surface area (Å²) in [4.78, 5) is 2.50. The van der Waals surface area contributed by atoms with Gasteiger partial charge in [0, 0.05) is 66.0 Å². The molecule has 0 bridgehead atoms. The highest BCUT2D eigenvalue weighted by molar-refractivity contribution is 6.21. The lowest BCUT2D eigenvalue weighted by Gasteiger charge is -2.32. The smallest absolute Gasteiger partial charge is 0.144 e. The lowest BCUT2D eigenvalue weighted by molar-refractivity contribution is 0.600. The average molecular weight is 954 g/mol. The molecule has 0 N–H and O–H groups in total. The summed E-state index contributed by atoms with van der Waals surface area (Å²) in [5.41, 5.74) is 29.2. The van der Waals surface area contributed by atoms with Crippen molar-refractivity contribution in [2.75, 3.05) is 4.90 Å². The van der Waals surface area contributed by atoms with Gasteiger partial charge >= 0.3 is 0 Å². The third-order valence-electron chi connectivity index (χ3n) is 17.6. The Balaban J connectivity index is 0.962. The summed E-state index contributed by atoms with van der Waals surface area (Å²) in [7, 11) is 0. The fourth-order valence-corrected chi connectivity index (χ4v) is 14.1. The molecule has 0 radical (unpaired) electrons. The highest BCUT2D eigenvalue weighted by Crippen LogP contribution is 2.64. The predicted octanol–water partition coefficient (Wildman–Crippen LogP) is 19.8. The molecule has 2 heterocycles. The molecule has 3 aliphatic carbocycles. The fraction of sp³-hybridized carbons (Fsp3) is 0.155. The van der Waals surface area contributed by atoms with Crippen molar-refractivity contribution in [2.45, 2.75) is 71.6 Å². The van der Waals surface area contributed by atoms with E-state index in [0.717, 1.165) is 50.3 Å². The Morgan fingerprint density at radius 1 is 0.351 bits per heavy atom. The molecule has 0 amide bonds. The Hall–Kier alpha value is -8.40. The molecule has 2 aromatic heterocycles. The minimum atomic E-state index is -0.345. The van der Waals surface area contributed by atoms with Crippen molar-refractivity contribution in [1.29, 1.82) is 0 Å². The van der Waals surface area contributed by atoms with E-state index in [4.69, 9.17) is 8.83 Å². The van der Waals surface area contributed by atoms with E-state index in [9.17, 15) is 0 Å². The van der Waals surface area contributed by atoms with Gasteiger partial charge in [0.05, 0.1) is 0 Å². The van der Waals surface area contributed by atoms with Crippen LogP contribution in [-0.4, -0.2) is 0 Å². The first kappa shape index (κ1) is 43.2. The van der Waals surface area contributed by atoms with Gasteiger partial charge in [0.25, 0.3) is 0 Å². The Kier molecular flexibility index (Phi) is 8.68. The molecular weight excluding hydrogens is 899 g/mol. The van der Waals surface area contributed by atoms with E-state index in [-0.39, 0.29) is 16.2 Å². The predicted molar refractivity (Wildman–Crippen MR) is 309 cm³/mol. The van der Waals surface area contributed by atoms with Crippen molar-refractivity contribution < 1.29 is 8.83 Å². The second-order valence-corrected chi connectivity index (χ2v) is 22.9. The van der Waals surface area contributed by atoms with Crippen LogP contribution >= 0.6 is 0 Å². The number of para-hydroxylation sites is 2. The van der Waals surface area contributed by atoms with E-state index in [2.05, 4.69) is 248 Å². The first-order chi connectivity index (χ1) is 35.8. The quantitative estimate of drug-likeness (QED) is 0.172. The van der Waals surface area contributed by atoms with E-state index in [0.29, 0.717) is 0 Å². The Bertz CT molecular complexity index is 4420. The van der Waals surface area contributed by atoms with Gasteiger partial charge in [-0.15, -0.1) is 0 Å². The zero-order valence-electron chi connectivity index (χ0n) is 43.2. The number of hydrogen-bond acceptors (Lipinski definition) is 3. The molecule has 0 fully saturated rings. The lowest BCUT2D eigenvalue weighted by Crippen LogP contribution is -2.24. The summed E-state index contributed by atoms with van der Waals surface area (Å²) in [6.45, 7) is 19.0. The third kappa shape index (κ3) is 5.67. The molecule has 10 aromatic carbocycles. The molecule has 0 aliphatic heterocycles. The van der Waals surface area contributed by atoms with Gasteiger partial charge in [0.1, 0.15) is 22.3 Å². The van der Waals surface area contributed by atoms with Crippen molar-refractivity contribution >= 4 is 60.9 Å². The lowest BCUT2D eigenvalue weighted by atomic mass is 9.72. The van der Waals surface area contributed by atoms with Crippen LogP contribution in [-0.2, 0) is 16.2 Å². The number of fused-ring (bicyclic) bond motifs is 19. The first-order valence-electron chi connectivity index (χ1n) is 26.2. The fourth-order valence-electron chi connectivity index (χ4n) is 14.1. The van der Waals surface area contributed by atoms with Crippen molar-refractivity contribution in [3.63, 3.8) is 0 Å². The van der Waals surface area contributed by atoms with Crippen LogP contribution in [0.3, 0.4) is 0 Å². The van der Waals surface area contributed by atoms with E-state index in [1.807, 2.05) is 0 Å². The van der Waals surface area contributed by atoms with Crippen molar-refractivity contribution in [2.24, 2.45) is 0 Å². The SMILES string of the molecule is Cc1ccc(-c2cc3c(c4c2oc2ccccc24)-c2ccc(N(c4cccc(-c5ccccc5)c4)c4ccc5c(c4)C(C)(C)c4c6c(c7oc8ccccc8c7c4-5)-c4ccccc4C6(C)C)cc2C3(C)C)c(C)c1. The van der Waals surface area contributed by atoms with Gasteiger partial charge in [-0.25, -0.2) is 0 Å². The van der Waals surface area contributed by atoms with E-state index < -0.39 is 0 Å². The first-order valence-corrected chi connectivity index (χ1v) is 26.2. The maximum absolute atomic E-state index is 7.02. The number of hydrogen-bond donors (Lipinski definition) is 0. The standard InChI is InChI=1S/C71H55NO2/c1-40-29-32-47(41(2)35-40)53-39-57-60(62-51-24-13-16-27-58(51)73-67(53)62)49-33-30-45(37-55(49)69(57,3)4)72(44-22-18-21-43(36-44)42-19-10-9-11-20-42)46-31-34-50-56(38-46)71(7,8)65-61(50)63-52-25-14-17-28-59(52)74-68(63)64-48-23-12-15-26-54(48)70(5,6)66(64)65/h9-39H,1-8H3. The summed E-state index contributed by atoms with van der Waals surface area (Å²) in [5, 5.41) is 4.73. The molecular formula is C71H55NO2. The molecule has 0 spiro atoms. The summed E-state index contributed by atoms with van der Waals surface area (Å²) in [5.74, 6) is 0. The molecule has 15 rings (SSSR count). The maximum Gasteiger partial charge on any atom is 0.144 e. The Morgan fingerprint density at radius 3 is 1.61 bits per heavy atom. The van der Waals surface area contributed by atoms with Gasteiger partial charge in [-0.2, -0.15) is 0 Å². The number of benzene rings is 10. The summed E-state index contributed by atoms with van der Waals surface area (Å²) < 4.78 is 13.9. The van der Waals surface area contributed by atoms with Crippen LogP contribution in [0.25, 0.3) is 99.5 Å². The van der Waals surface area contributed by atoms with Crippen molar-refractivity contribution in [3.8, 4) is 55.6 Å². The molecule has 0 saturated carbocycles. The molecule has 3 aliphatic rings. The minimum Gasteiger partial charge on any atom is -0.455 e. The second kappa shape index (κ2) is 14.9. The molecule has 0 unspecified atom stereocenters. The molecule has 0 saturated heterocycles. The van der Waals surface area contributed by atoms with Crippen LogP contribution in [0.4, 0.5) is 17.1 Å². The highest BCUT2D eigenvalue weighted by Gasteiger charge is 2.49. The molecule has 3 nitrogen and oxygen atoms in total. The van der Waals surface area contributed by atoms with Crippen LogP contribution < -0.4 is 4.90 Å².